The highest BCUT2D eigenvalue weighted by atomic mass is 16.5. The highest BCUT2D eigenvalue weighted by Crippen LogP contribution is 2.26. The molecule has 4 nitrogen and oxygen atoms in total. The Bertz CT molecular complexity index is 253. The lowest BCUT2D eigenvalue weighted by atomic mass is 9.94. The summed E-state index contributed by atoms with van der Waals surface area (Å²) in [5, 5.41) is 3.43. The second-order valence-electron chi connectivity index (χ2n) is 5.13. The molecule has 4 heteroatoms. The predicted octanol–water partition coefficient (Wildman–Crippen LogP) is 2.27. The van der Waals surface area contributed by atoms with E-state index in [1.807, 2.05) is 20.8 Å². The Kier molecular flexibility index (Phi) is 6.65. The Hall–Kier alpha value is -0.610. The quantitative estimate of drug-likeness (QED) is 0.482. The second-order valence-corrected chi connectivity index (χ2v) is 5.13. The van der Waals surface area contributed by atoms with Crippen LogP contribution in [-0.2, 0) is 14.3 Å². The number of ether oxygens (including phenoxy) is 2. The first-order valence-electron chi connectivity index (χ1n) is 7.15. The molecule has 1 atom stereocenters. The standard InChI is InChI=1S/C14H27NO3/c1-4-17-11-7-6-10-14(3,13(16)18-5-2)15-12-8-9-12/h12,15H,4-11H2,1-3H3. The fourth-order valence-electron chi connectivity index (χ4n) is 2.03. The van der Waals surface area contributed by atoms with Crippen molar-refractivity contribution in [3.63, 3.8) is 0 Å². The first kappa shape index (κ1) is 15.4. The van der Waals surface area contributed by atoms with Crippen LogP contribution in [-0.4, -0.2) is 37.4 Å². The van der Waals surface area contributed by atoms with Crippen LogP contribution in [0.3, 0.4) is 0 Å². The minimum absolute atomic E-state index is 0.117. The lowest BCUT2D eigenvalue weighted by molar-refractivity contribution is -0.151. The molecule has 0 aromatic carbocycles. The van der Waals surface area contributed by atoms with Gasteiger partial charge in [-0.3, -0.25) is 10.1 Å². The maximum absolute atomic E-state index is 12.0. The summed E-state index contributed by atoms with van der Waals surface area (Å²) in [6, 6.07) is 0.506. The molecule has 1 fully saturated rings. The monoisotopic (exact) mass is 257 g/mol. The zero-order valence-electron chi connectivity index (χ0n) is 12.0. The van der Waals surface area contributed by atoms with Crippen LogP contribution in [0.4, 0.5) is 0 Å². The second kappa shape index (κ2) is 7.74. The molecule has 0 radical (unpaired) electrons. The maximum Gasteiger partial charge on any atom is 0.326 e. The van der Waals surface area contributed by atoms with Crippen LogP contribution >= 0.6 is 0 Å². The van der Waals surface area contributed by atoms with Crippen LogP contribution in [0.25, 0.3) is 0 Å². The molecular weight excluding hydrogens is 230 g/mol. The molecular formula is C14H27NO3. The van der Waals surface area contributed by atoms with Crippen molar-refractivity contribution in [1.82, 2.24) is 5.32 Å². The number of esters is 1. The Balaban J connectivity index is 2.35. The molecule has 18 heavy (non-hydrogen) atoms. The number of nitrogens with one attached hydrogen (secondary N) is 1. The summed E-state index contributed by atoms with van der Waals surface area (Å²) >= 11 is 0. The Morgan fingerprint density at radius 1 is 1.28 bits per heavy atom. The van der Waals surface area contributed by atoms with Crippen molar-refractivity contribution in [1.29, 1.82) is 0 Å². The summed E-state index contributed by atoms with van der Waals surface area (Å²) < 4.78 is 10.5. The average molecular weight is 257 g/mol. The summed E-state index contributed by atoms with van der Waals surface area (Å²) in [5.74, 6) is -0.117. The number of rotatable bonds is 10. The van der Waals surface area contributed by atoms with Gasteiger partial charge in [0.05, 0.1) is 6.61 Å². The third-order valence-electron chi connectivity index (χ3n) is 3.25. The molecule has 0 spiro atoms. The molecule has 106 valence electrons. The minimum Gasteiger partial charge on any atom is -0.465 e. The Labute approximate surface area is 110 Å². The van der Waals surface area contributed by atoms with Crippen LogP contribution < -0.4 is 5.32 Å². The van der Waals surface area contributed by atoms with Gasteiger partial charge in [0.15, 0.2) is 0 Å². The van der Waals surface area contributed by atoms with E-state index < -0.39 is 5.54 Å². The normalized spacial score (nSPS) is 18.4. The lowest BCUT2D eigenvalue weighted by Crippen LogP contribution is -2.51. The third-order valence-corrected chi connectivity index (χ3v) is 3.25. The van der Waals surface area contributed by atoms with E-state index in [-0.39, 0.29) is 5.97 Å². The molecule has 1 N–H and O–H groups in total. The van der Waals surface area contributed by atoms with Crippen LogP contribution in [0.1, 0.15) is 52.9 Å². The third kappa shape index (κ3) is 5.36. The van der Waals surface area contributed by atoms with Crippen LogP contribution in [0.2, 0.25) is 0 Å². The van der Waals surface area contributed by atoms with Crippen molar-refractivity contribution in [2.45, 2.75) is 64.5 Å². The fraction of sp³-hybridized carbons (Fsp3) is 0.929. The van der Waals surface area contributed by atoms with E-state index in [2.05, 4.69) is 5.32 Å². The maximum atomic E-state index is 12.0. The van der Waals surface area contributed by atoms with E-state index in [1.165, 1.54) is 12.8 Å². The highest BCUT2D eigenvalue weighted by molar-refractivity contribution is 5.80. The number of hydrogen-bond donors (Lipinski definition) is 1. The first-order valence-corrected chi connectivity index (χ1v) is 7.15. The molecule has 0 saturated heterocycles. The number of unbranched alkanes of at least 4 members (excludes halogenated alkanes) is 1. The SMILES string of the molecule is CCOCCCCC(C)(NC1CC1)C(=O)OCC. The topological polar surface area (TPSA) is 47.6 Å². The van der Waals surface area contributed by atoms with Crippen molar-refractivity contribution in [3.8, 4) is 0 Å². The van der Waals surface area contributed by atoms with Gasteiger partial charge in [0, 0.05) is 19.3 Å². The average Bonchev–Trinajstić information content (AvgIpc) is 3.13. The van der Waals surface area contributed by atoms with E-state index in [0.29, 0.717) is 12.6 Å². The summed E-state index contributed by atoms with van der Waals surface area (Å²) in [5.41, 5.74) is -0.524. The molecule has 1 aliphatic rings. The van der Waals surface area contributed by atoms with Gasteiger partial charge in [0.2, 0.25) is 0 Å². The lowest BCUT2D eigenvalue weighted by Gasteiger charge is -2.28. The molecule has 1 aliphatic carbocycles. The van der Waals surface area contributed by atoms with Crippen LogP contribution in [0.5, 0.6) is 0 Å². The van der Waals surface area contributed by atoms with E-state index in [1.54, 1.807) is 0 Å². The smallest absolute Gasteiger partial charge is 0.326 e. The molecule has 0 heterocycles. The minimum atomic E-state index is -0.524. The van der Waals surface area contributed by atoms with Crippen molar-refractivity contribution >= 4 is 5.97 Å². The molecule has 0 aromatic rings. The Morgan fingerprint density at radius 2 is 2.00 bits per heavy atom. The van der Waals surface area contributed by atoms with Gasteiger partial charge in [-0.2, -0.15) is 0 Å². The zero-order valence-corrected chi connectivity index (χ0v) is 12.0. The number of carbonyl (C=O) groups is 1. The van der Waals surface area contributed by atoms with E-state index in [4.69, 9.17) is 9.47 Å². The first-order chi connectivity index (χ1) is 8.62. The van der Waals surface area contributed by atoms with E-state index in [0.717, 1.165) is 32.5 Å². The molecule has 0 aliphatic heterocycles. The predicted molar refractivity (Wildman–Crippen MR) is 71.5 cm³/mol. The number of carbonyl (C=O) groups excluding carboxylic acids is 1. The van der Waals surface area contributed by atoms with Crippen molar-refractivity contribution < 1.29 is 14.3 Å². The van der Waals surface area contributed by atoms with Gasteiger partial charge in [0.1, 0.15) is 5.54 Å². The van der Waals surface area contributed by atoms with Crippen LogP contribution in [0, 0.1) is 0 Å². The van der Waals surface area contributed by atoms with Gasteiger partial charge in [-0.05, 0) is 52.9 Å². The number of hydrogen-bond acceptors (Lipinski definition) is 4. The molecule has 0 amide bonds. The molecule has 1 unspecified atom stereocenters. The zero-order chi connectivity index (χ0) is 13.4. The highest BCUT2D eigenvalue weighted by Gasteiger charge is 2.38. The van der Waals surface area contributed by atoms with Crippen molar-refractivity contribution in [2.24, 2.45) is 0 Å². The molecule has 0 aromatic heterocycles. The summed E-state index contributed by atoms with van der Waals surface area (Å²) in [6.45, 7) is 7.79. The molecule has 1 saturated carbocycles. The van der Waals surface area contributed by atoms with Gasteiger partial charge in [-0.25, -0.2) is 0 Å². The van der Waals surface area contributed by atoms with Gasteiger partial charge in [-0.1, -0.05) is 0 Å². The molecule has 1 rings (SSSR count). The van der Waals surface area contributed by atoms with Gasteiger partial charge >= 0.3 is 5.97 Å². The Morgan fingerprint density at radius 3 is 2.56 bits per heavy atom. The van der Waals surface area contributed by atoms with E-state index in [9.17, 15) is 4.79 Å². The summed E-state index contributed by atoms with van der Waals surface area (Å²) in [4.78, 5) is 12.0. The van der Waals surface area contributed by atoms with Gasteiger partial charge < -0.3 is 9.47 Å². The van der Waals surface area contributed by atoms with Crippen LogP contribution in [0.15, 0.2) is 0 Å². The largest absolute Gasteiger partial charge is 0.465 e. The van der Waals surface area contributed by atoms with Gasteiger partial charge in [-0.15, -0.1) is 0 Å². The van der Waals surface area contributed by atoms with Gasteiger partial charge in [0.25, 0.3) is 0 Å². The van der Waals surface area contributed by atoms with Crippen molar-refractivity contribution in [2.75, 3.05) is 19.8 Å². The summed E-state index contributed by atoms with van der Waals surface area (Å²) in [6.07, 6.45) is 5.14. The summed E-state index contributed by atoms with van der Waals surface area (Å²) in [7, 11) is 0. The molecule has 0 bridgehead atoms. The fourth-order valence-corrected chi connectivity index (χ4v) is 2.03. The van der Waals surface area contributed by atoms with E-state index >= 15 is 0 Å². The van der Waals surface area contributed by atoms with Crippen molar-refractivity contribution in [3.05, 3.63) is 0 Å².